The summed E-state index contributed by atoms with van der Waals surface area (Å²) in [7, 11) is 0. The molecule has 31 heavy (non-hydrogen) atoms. The van der Waals surface area contributed by atoms with E-state index in [0.29, 0.717) is 17.9 Å². The Labute approximate surface area is 180 Å². The van der Waals surface area contributed by atoms with Crippen LogP contribution in [0.3, 0.4) is 0 Å². The second-order valence-electron chi connectivity index (χ2n) is 8.52. The van der Waals surface area contributed by atoms with Crippen molar-refractivity contribution in [2.45, 2.75) is 57.0 Å². The van der Waals surface area contributed by atoms with Gasteiger partial charge < -0.3 is 19.7 Å². The van der Waals surface area contributed by atoms with Crippen molar-refractivity contribution in [1.29, 1.82) is 0 Å². The first-order chi connectivity index (χ1) is 15.2. The highest BCUT2D eigenvalue weighted by Gasteiger charge is 2.27. The number of hydrogen-bond donors (Lipinski definition) is 1. The molecule has 2 fully saturated rings. The van der Waals surface area contributed by atoms with E-state index in [4.69, 9.17) is 9.47 Å². The third kappa shape index (κ3) is 4.35. The summed E-state index contributed by atoms with van der Waals surface area (Å²) in [6.07, 6.45) is 7.78. The highest BCUT2D eigenvalue weighted by Crippen LogP contribution is 2.33. The third-order valence-electron chi connectivity index (χ3n) is 6.36. The molecule has 9 heteroatoms. The molecule has 5 rings (SSSR count). The number of likely N-dealkylation sites (tertiary alicyclic amines) is 1. The van der Waals surface area contributed by atoms with E-state index in [0.717, 1.165) is 62.9 Å². The van der Waals surface area contributed by atoms with Gasteiger partial charge in [-0.05, 0) is 56.2 Å². The van der Waals surface area contributed by atoms with E-state index < -0.39 is 0 Å². The first-order valence-electron chi connectivity index (χ1n) is 11.0. The van der Waals surface area contributed by atoms with Gasteiger partial charge in [-0.15, -0.1) is 5.10 Å². The van der Waals surface area contributed by atoms with E-state index in [2.05, 4.69) is 15.6 Å². The summed E-state index contributed by atoms with van der Waals surface area (Å²) in [4.78, 5) is 26.8. The molecule has 0 spiro atoms. The molecule has 3 aliphatic rings. The average Bonchev–Trinajstić information content (AvgIpc) is 3.55. The summed E-state index contributed by atoms with van der Waals surface area (Å²) in [6.45, 7) is 1.85. The van der Waals surface area contributed by atoms with Crippen LogP contribution in [0.4, 0.5) is 0 Å². The van der Waals surface area contributed by atoms with Gasteiger partial charge in [0.1, 0.15) is 0 Å². The molecule has 1 aliphatic carbocycles. The Morgan fingerprint density at radius 2 is 1.84 bits per heavy atom. The fraction of sp³-hybridized carbons (Fsp3) is 0.545. The zero-order valence-electron chi connectivity index (χ0n) is 17.5. The molecule has 1 saturated heterocycles. The number of benzene rings is 1. The van der Waals surface area contributed by atoms with E-state index in [1.807, 2.05) is 27.8 Å². The van der Waals surface area contributed by atoms with Crippen LogP contribution < -0.4 is 14.8 Å². The standard InChI is InChI=1S/C22H27N5O4/c28-21(12-15-3-8-19-20(11-15)31-14-30-19)23-16-4-6-17(7-5-16)27-13-18(24-25-27)22(29)26-9-1-2-10-26/h3,8,11,13,16-17H,1-2,4-7,9-10,12,14H2,(H,23,28). The van der Waals surface area contributed by atoms with Crippen molar-refractivity contribution in [2.75, 3.05) is 19.9 Å². The molecule has 164 valence electrons. The number of carbonyl (C=O) groups excluding carboxylic acids is 2. The maximum absolute atomic E-state index is 12.5. The van der Waals surface area contributed by atoms with Gasteiger partial charge in [-0.2, -0.15) is 0 Å². The van der Waals surface area contributed by atoms with Crippen molar-refractivity contribution in [3.8, 4) is 11.5 Å². The predicted octanol–water partition coefficient (Wildman–Crippen LogP) is 2.09. The Hall–Kier alpha value is -3.10. The van der Waals surface area contributed by atoms with Crippen LogP contribution in [0.5, 0.6) is 11.5 Å². The van der Waals surface area contributed by atoms with Crippen molar-refractivity contribution in [2.24, 2.45) is 0 Å². The number of aromatic nitrogens is 3. The highest BCUT2D eigenvalue weighted by molar-refractivity contribution is 5.92. The molecule has 1 aromatic heterocycles. The number of carbonyl (C=O) groups is 2. The number of nitrogens with one attached hydrogen (secondary N) is 1. The smallest absolute Gasteiger partial charge is 0.276 e. The lowest BCUT2D eigenvalue weighted by Crippen LogP contribution is -2.38. The Morgan fingerprint density at radius 1 is 1.06 bits per heavy atom. The molecule has 0 radical (unpaired) electrons. The van der Waals surface area contributed by atoms with Crippen LogP contribution in [0.2, 0.25) is 0 Å². The number of amides is 2. The average molecular weight is 425 g/mol. The molecule has 1 saturated carbocycles. The first kappa shape index (κ1) is 19.8. The minimum atomic E-state index is -0.0202. The fourth-order valence-electron chi connectivity index (χ4n) is 4.64. The lowest BCUT2D eigenvalue weighted by atomic mass is 9.91. The summed E-state index contributed by atoms with van der Waals surface area (Å²) >= 11 is 0. The molecule has 3 heterocycles. The minimum absolute atomic E-state index is 0.0153. The summed E-state index contributed by atoms with van der Waals surface area (Å²) in [5.41, 5.74) is 1.34. The molecule has 9 nitrogen and oxygen atoms in total. The van der Waals surface area contributed by atoms with E-state index in [1.165, 1.54) is 0 Å². The predicted molar refractivity (Wildman–Crippen MR) is 111 cm³/mol. The van der Waals surface area contributed by atoms with Crippen LogP contribution in [0.25, 0.3) is 0 Å². The normalized spacial score (nSPS) is 22.5. The molecule has 0 atom stereocenters. The van der Waals surface area contributed by atoms with E-state index >= 15 is 0 Å². The van der Waals surface area contributed by atoms with Crippen LogP contribution in [-0.4, -0.2) is 57.6 Å². The van der Waals surface area contributed by atoms with Crippen LogP contribution in [0.1, 0.15) is 60.6 Å². The minimum Gasteiger partial charge on any atom is -0.454 e. The van der Waals surface area contributed by atoms with Crippen molar-refractivity contribution in [1.82, 2.24) is 25.2 Å². The van der Waals surface area contributed by atoms with Crippen molar-refractivity contribution in [3.63, 3.8) is 0 Å². The summed E-state index contributed by atoms with van der Waals surface area (Å²) in [6, 6.07) is 5.98. The maximum Gasteiger partial charge on any atom is 0.276 e. The molecular formula is C22H27N5O4. The number of hydrogen-bond acceptors (Lipinski definition) is 6. The van der Waals surface area contributed by atoms with E-state index in [1.54, 1.807) is 6.20 Å². The Bertz CT molecular complexity index is 961. The Morgan fingerprint density at radius 3 is 2.65 bits per heavy atom. The van der Waals surface area contributed by atoms with Crippen LogP contribution in [0, 0.1) is 0 Å². The monoisotopic (exact) mass is 425 g/mol. The van der Waals surface area contributed by atoms with Crippen LogP contribution in [-0.2, 0) is 11.2 Å². The van der Waals surface area contributed by atoms with Crippen LogP contribution in [0.15, 0.2) is 24.4 Å². The van der Waals surface area contributed by atoms with Gasteiger partial charge in [0, 0.05) is 19.1 Å². The van der Waals surface area contributed by atoms with E-state index in [-0.39, 0.29) is 30.7 Å². The number of nitrogens with zero attached hydrogens (tertiary/aromatic N) is 4. The van der Waals surface area contributed by atoms with Crippen molar-refractivity contribution in [3.05, 3.63) is 35.7 Å². The molecular weight excluding hydrogens is 398 g/mol. The van der Waals surface area contributed by atoms with Crippen molar-refractivity contribution >= 4 is 11.8 Å². The van der Waals surface area contributed by atoms with Gasteiger partial charge in [-0.3, -0.25) is 9.59 Å². The third-order valence-corrected chi connectivity index (χ3v) is 6.36. The van der Waals surface area contributed by atoms with Gasteiger partial charge in [0.15, 0.2) is 17.2 Å². The Kier molecular flexibility index (Phi) is 5.48. The second-order valence-corrected chi connectivity index (χ2v) is 8.52. The molecule has 2 aromatic rings. The second kappa shape index (κ2) is 8.56. The largest absolute Gasteiger partial charge is 0.454 e. The van der Waals surface area contributed by atoms with Gasteiger partial charge in [0.25, 0.3) is 5.91 Å². The molecule has 2 aliphatic heterocycles. The number of fused-ring (bicyclic) bond motifs is 1. The maximum atomic E-state index is 12.5. The van der Waals surface area contributed by atoms with Gasteiger partial charge in [0.2, 0.25) is 12.7 Å². The quantitative estimate of drug-likeness (QED) is 0.788. The fourth-order valence-corrected chi connectivity index (χ4v) is 4.64. The topological polar surface area (TPSA) is 98.6 Å². The molecule has 1 N–H and O–H groups in total. The van der Waals surface area contributed by atoms with Crippen LogP contribution >= 0.6 is 0 Å². The van der Waals surface area contributed by atoms with Gasteiger partial charge in [-0.25, -0.2) is 4.68 Å². The van der Waals surface area contributed by atoms with Gasteiger partial charge in [-0.1, -0.05) is 11.3 Å². The number of rotatable bonds is 5. The molecule has 2 amide bonds. The molecule has 1 aromatic carbocycles. The SMILES string of the molecule is O=C(Cc1ccc2c(c1)OCO2)NC1CCC(n2cc(C(=O)N3CCCC3)nn2)CC1. The molecule has 0 bridgehead atoms. The lowest BCUT2D eigenvalue weighted by molar-refractivity contribution is -0.121. The summed E-state index contributed by atoms with van der Waals surface area (Å²) in [5, 5.41) is 11.5. The zero-order chi connectivity index (χ0) is 21.2. The summed E-state index contributed by atoms with van der Waals surface area (Å²) < 4.78 is 12.5. The number of ether oxygens (including phenoxy) is 2. The highest BCUT2D eigenvalue weighted by atomic mass is 16.7. The first-order valence-corrected chi connectivity index (χ1v) is 11.0. The van der Waals surface area contributed by atoms with Gasteiger partial charge >= 0.3 is 0 Å². The zero-order valence-corrected chi connectivity index (χ0v) is 17.5. The van der Waals surface area contributed by atoms with Crippen molar-refractivity contribution < 1.29 is 19.1 Å². The lowest BCUT2D eigenvalue weighted by Gasteiger charge is -2.29. The Balaban J connectivity index is 1.10. The van der Waals surface area contributed by atoms with Gasteiger partial charge in [0.05, 0.1) is 18.7 Å². The molecule has 0 unspecified atom stereocenters. The van der Waals surface area contributed by atoms with E-state index in [9.17, 15) is 9.59 Å². The summed E-state index contributed by atoms with van der Waals surface area (Å²) in [5.74, 6) is 1.41.